The second-order valence-electron chi connectivity index (χ2n) is 9.03. The molecule has 4 heteroatoms. The summed E-state index contributed by atoms with van der Waals surface area (Å²) in [6, 6.07) is 9.86. The molecule has 0 unspecified atom stereocenters. The van der Waals surface area contributed by atoms with Gasteiger partial charge in [-0.2, -0.15) is 0 Å². The fourth-order valence-corrected chi connectivity index (χ4v) is 6.17. The van der Waals surface area contributed by atoms with Gasteiger partial charge in [0.1, 0.15) is 11.3 Å². The lowest BCUT2D eigenvalue weighted by molar-refractivity contribution is -0.122. The Balaban J connectivity index is 1.20. The minimum absolute atomic E-state index is 0.0636. The third kappa shape index (κ3) is 2.94. The van der Waals surface area contributed by atoms with Crippen LogP contribution in [0.15, 0.2) is 34.7 Å². The molecular formula is C22H28N2O2. The maximum absolute atomic E-state index is 12.5. The van der Waals surface area contributed by atoms with Crippen molar-refractivity contribution in [2.75, 3.05) is 6.54 Å². The van der Waals surface area contributed by atoms with Crippen molar-refractivity contribution in [1.82, 2.24) is 10.6 Å². The van der Waals surface area contributed by atoms with E-state index >= 15 is 0 Å². The number of carbonyl (C=O) groups excluding carboxylic acids is 1. The van der Waals surface area contributed by atoms with Crippen LogP contribution in [-0.4, -0.2) is 18.0 Å². The number of hydrogen-bond acceptors (Lipinski definition) is 3. The highest BCUT2D eigenvalue weighted by Crippen LogP contribution is 2.55. The van der Waals surface area contributed by atoms with Gasteiger partial charge in [0.15, 0.2) is 0 Å². The van der Waals surface area contributed by atoms with Crippen molar-refractivity contribution in [1.29, 1.82) is 0 Å². The summed E-state index contributed by atoms with van der Waals surface area (Å²) in [6.45, 7) is 2.40. The van der Waals surface area contributed by atoms with Crippen molar-refractivity contribution in [2.45, 2.75) is 57.0 Å². The largest absolute Gasteiger partial charge is 0.459 e. The van der Waals surface area contributed by atoms with E-state index < -0.39 is 0 Å². The van der Waals surface area contributed by atoms with Gasteiger partial charge in [0, 0.05) is 10.9 Å². The molecule has 2 aromatic rings. The maximum Gasteiger partial charge on any atom is 0.234 e. The van der Waals surface area contributed by atoms with Crippen molar-refractivity contribution < 1.29 is 9.21 Å². The van der Waals surface area contributed by atoms with Crippen LogP contribution < -0.4 is 10.6 Å². The third-order valence-electron chi connectivity index (χ3n) is 6.91. The van der Waals surface area contributed by atoms with Gasteiger partial charge in [0.25, 0.3) is 0 Å². The summed E-state index contributed by atoms with van der Waals surface area (Å²) >= 11 is 0. The van der Waals surface area contributed by atoms with Gasteiger partial charge < -0.3 is 15.1 Å². The second kappa shape index (κ2) is 6.12. The Labute approximate surface area is 154 Å². The first-order chi connectivity index (χ1) is 12.6. The van der Waals surface area contributed by atoms with Gasteiger partial charge >= 0.3 is 0 Å². The topological polar surface area (TPSA) is 54.3 Å². The number of para-hydroxylation sites is 1. The molecule has 4 bridgehead atoms. The molecular weight excluding hydrogens is 324 g/mol. The zero-order valence-corrected chi connectivity index (χ0v) is 15.5. The number of fused-ring (bicyclic) bond motifs is 1. The van der Waals surface area contributed by atoms with Gasteiger partial charge in [-0.25, -0.2) is 0 Å². The Morgan fingerprint density at radius 3 is 2.46 bits per heavy atom. The van der Waals surface area contributed by atoms with Crippen LogP contribution in [-0.2, 0) is 4.79 Å². The van der Waals surface area contributed by atoms with Crippen LogP contribution in [0.1, 0.15) is 57.3 Å². The smallest absolute Gasteiger partial charge is 0.234 e. The van der Waals surface area contributed by atoms with Crippen LogP contribution in [0.4, 0.5) is 0 Å². The molecule has 1 atom stereocenters. The molecule has 1 aromatic heterocycles. The molecule has 0 spiro atoms. The van der Waals surface area contributed by atoms with E-state index in [0.717, 1.165) is 34.5 Å². The molecule has 4 aliphatic carbocycles. The number of carbonyl (C=O) groups is 1. The van der Waals surface area contributed by atoms with Crippen LogP contribution in [0.5, 0.6) is 0 Å². The number of benzene rings is 1. The molecule has 138 valence electrons. The summed E-state index contributed by atoms with van der Waals surface area (Å²) in [5.41, 5.74) is 1.10. The highest BCUT2D eigenvalue weighted by atomic mass is 16.3. The first-order valence-corrected chi connectivity index (χ1v) is 10.1. The van der Waals surface area contributed by atoms with E-state index in [-0.39, 0.29) is 17.5 Å². The summed E-state index contributed by atoms with van der Waals surface area (Å²) in [6.07, 6.45) is 8.09. The summed E-state index contributed by atoms with van der Waals surface area (Å²) in [7, 11) is 0. The van der Waals surface area contributed by atoms with Crippen LogP contribution >= 0.6 is 0 Å². The first-order valence-electron chi connectivity index (χ1n) is 10.1. The fourth-order valence-electron chi connectivity index (χ4n) is 6.17. The number of amides is 1. The van der Waals surface area contributed by atoms with E-state index in [4.69, 9.17) is 4.42 Å². The Morgan fingerprint density at radius 1 is 1.15 bits per heavy atom. The standard InChI is InChI=1S/C22H28N2O2/c1-14(20-9-18-4-2-3-5-19(18)26-20)24-21(25)13-23-22-10-15-6-16(11-22)8-17(7-15)12-22/h2-5,9,14-17,23H,6-8,10-13H2,1H3,(H,24,25)/t14-,15?,16?,17?,22?/m1/s1. The lowest BCUT2D eigenvalue weighted by Gasteiger charge is -2.57. The Kier molecular flexibility index (Phi) is 3.85. The van der Waals surface area contributed by atoms with Crippen molar-refractivity contribution >= 4 is 16.9 Å². The van der Waals surface area contributed by atoms with E-state index in [2.05, 4.69) is 10.6 Å². The van der Waals surface area contributed by atoms with Crippen LogP contribution in [0, 0.1) is 17.8 Å². The fraction of sp³-hybridized carbons (Fsp3) is 0.591. The molecule has 1 aromatic carbocycles. The van der Waals surface area contributed by atoms with Gasteiger partial charge in [-0.15, -0.1) is 0 Å². The van der Waals surface area contributed by atoms with Crippen molar-refractivity contribution in [3.05, 3.63) is 36.1 Å². The number of furan rings is 1. The van der Waals surface area contributed by atoms with E-state index in [1.807, 2.05) is 37.3 Å². The maximum atomic E-state index is 12.5. The van der Waals surface area contributed by atoms with Crippen LogP contribution in [0.2, 0.25) is 0 Å². The monoisotopic (exact) mass is 352 g/mol. The molecule has 4 aliphatic rings. The van der Waals surface area contributed by atoms with Crippen molar-refractivity contribution in [3.63, 3.8) is 0 Å². The molecule has 2 N–H and O–H groups in total. The van der Waals surface area contributed by atoms with Crippen molar-refractivity contribution in [2.24, 2.45) is 17.8 Å². The molecule has 0 radical (unpaired) electrons. The summed E-state index contributed by atoms with van der Waals surface area (Å²) < 4.78 is 5.87. The van der Waals surface area contributed by atoms with Crippen LogP contribution in [0.3, 0.4) is 0 Å². The Hall–Kier alpha value is -1.81. The molecule has 6 rings (SSSR count). The van der Waals surface area contributed by atoms with Crippen molar-refractivity contribution in [3.8, 4) is 0 Å². The predicted molar refractivity (Wildman–Crippen MR) is 102 cm³/mol. The molecule has 0 aliphatic heterocycles. The molecule has 26 heavy (non-hydrogen) atoms. The normalized spacial score (nSPS) is 33.5. The lowest BCUT2D eigenvalue weighted by Crippen LogP contribution is -2.59. The second-order valence-corrected chi connectivity index (χ2v) is 9.03. The SMILES string of the molecule is C[C@@H](NC(=O)CNC12CC3CC(CC(C3)C1)C2)c1cc2ccccc2o1. The molecule has 4 nitrogen and oxygen atoms in total. The van der Waals surface area contributed by atoms with Gasteiger partial charge in [-0.05, 0) is 75.3 Å². The average molecular weight is 352 g/mol. The molecule has 4 saturated carbocycles. The quantitative estimate of drug-likeness (QED) is 0.849. The van der Waals surface area contributed by atoms with Gasteiger partial charge in [-0.1, -0.05) is 18.2 Å². The zero-order chi connectivity index (χ0) is 17.7. The van der Waals surface area contributed by atoms with Gasteiger partial charge in [-0.3, -0.25) is 4.79 Å². The zero-order valence-electron chi connectivity index (χ0n) is 15.5. The predicted octanol–water partition coefficient (Wildman–Crippen LogP) is 4.17. The Bertz CT molecular complexity index is 756. The summed E-state index contributed by atoms with van der Waals surface area (Å²) in [5, 5.41) is 7.84. The van der Waals surface area contributed by atoms with Crippen LogP contribution in [0.25, 0.3) is 11.0 Å². The van der Waals surface area contributed by atoms with Gasteiger partial charge in [0.05, 0.1) is 12.6 Å². The number of nitrogens with one attached hydrogen (secondary N) is 2. The molecule has 1 amide bonds. The van der Waals surface area contributed by atoms with E-state index in [1.165, 1.54) is 38.5 Å². The minimum atomic E-state index is -0.118. The highest BCUT2D eigenvalue weighted by Gasteiger charge is 2.50. The van der Waals surface area contributed by atoms with Gasteiger partial charge in [0.2, 0.25) is 5.91 Å². The summed E-state index contributed by atoms with van der Waals surface area (Å²) in [4.78, 5) is 12.5. The third-order valence-corrected chi connectivity index (χ3v) is 6.91. The summed E-state index contributed by atoms with van der Waals surface area (Å²) in [5.74, 6) is 3.56. The highest BCUT2D eigenvalue weighted by molar-refractivity contribution is 5.80. The first kappa shape index (κ1) is 16.4. The lowest BCUT2D eigenvalue weighted by atomic mass is 9.53. The average Bonchev–Trinajstić information content (AvgIpc) is 3.03. The number of rotatable bonds is 5. The number of hydrogen-bond donors (Lipinski definition) is 2. The Morgan fingerprint density at radius 2 is 1.81 bits per heavy atom. The van der Waals surface area contributed by atoms with E-state index in [0.29, 0.717) is 6.54 Å². The van der Waals surface area contributed by atoms with E-state index in [1.54, 1.807) is 0 Å². The molecule has 4 fully saturated rings. The minimum Gasteiger partial charge on any atom is -0.459 e. The molecule has 1 heterocycles. The van der Waals surface area contributed by atoms with E-state index in [9.17, 15) is 4.79 Å². The molecule has 0 saturated heterocycles.